The van der Waals surface area contributed by atoms with E-state index in [2.05, 4.69) is 0 Å². The molecular weight excluding hydrogens is 284 g/mol. The molecule has 0 aliphatic heterocycles. The number of rotatable bonds is 2. The van der Waals surface area contributed by atoms with Crippen molar-refractivity contribution in [2.75, 3.05) is 24.7 Å². The lowest BCUT2D eigenvalue weighted by atomic mass is 10.1. The molecule has 3 aromatic rings. The maximum atomic E-state index is 9.10. The fourth-order valence-electron chi connectivity index (χ4n) is 2.06. The molecule has 0 aliphatic carbocycles. The minimum Gasteiger partial charge on any atom is -0.508 e. The predicted octanol–water partition coefficient (Wildman–Crippen LogP) is 4.39. The third kappa shape index (κ3) is 5.08. The molecule has 0 atom stereocenters. The summed E-state index contributed by atoms with van der Waals surface area (Å²) in [6.07, 6.45) is 0. The van der Waals surface area contributed by atoms with Crippen molar-refractivity contribution >= 4 is 11.4 Å². The van der Waals surface area contributed by atoms with Crippen molar-refractivity contribution in [2.24, 2.45) is 0 Å². The van der Waals surface area contributed by atoms with Gasteiger partial charge in [-0.15, -0.1) is 0 Å². The summed E-state index contributed by atoms with van der Waals surface area (Å²) in [6.45, 7) is 0. The third-order valence-corrected chi connectivity index (χ3v) is 3.38. The Hall–Kier alpha value is -2.94. The summed E-state index contributed by atoms with van der Waals surface area (Å²) in [5.41, 5.74) is 9.79. The van der Waals surface area contributed by atoms with Crippen LogP contribution in [-0.2, 0) is 0 Å². The maximum absolute atomic E-state index is 9.10. The van der Waals surface area contributed by atoms with Crippen molar-refractivity contribution < 1.29 is 5.11 Å². The molecule has 0 saturated carbocycles. The molecule has 0 amide bonds. The first kappa shape index (κ1) is 16.4. The highest BCUT2D eigenvalue weighted by atomic mass is 16.3. The van der Waals surface area contributed by atoms with Gasteiger partial charge in [-0.3, -0.25) is 0 Å². The van der Waals surface area contributed by atoms with E-state index in [0.29, 0.717) is 5.75 Å². The zero-order valence-electron chi connectivity index (χ0n) is 13.5. The highest BCUT2D eigenvalue weighted by molar-refractivity contribution is 5.63. The second kappa shape index (κ2) is 7.90. The van der Waals surface area contributed by atoms with Gasteiger partial charge in [0.15, 0.2) is 0 Å². The molecule has 3 rings (SSSR count). The van der Waals surface area contributed by atoms with Crippen LogP contribution in [0.2, 0.25) is 0 Å². The summed E-state index contributed by atoms with van der Waals surface area (Å²) >= 11 is 0. The summed E-state index contributed by atoms with van der Waals surface area (Å²) in [6, 6.07) is 25.1. The largest absolute Gasteiger partial charge is 0.508 e. The number of phenols is 1. The number of nitrogens with two attached hydrogens (primary N) is 1. The first-order chi connectivity index (χ1) is 11.1. The number of nitrogen functional groups attached to an aromatic ring is 1. The van der Waals surface area contributed by atoms with Gasteiger partial charge in [-0.1, -0.05) is 42.5 Å². The van der Waals surface area contributed by atoms with Crippen molar-refractivity contribution in [1.82, 2.24) is 0 Å². The van der Waals surface area contributed by atoms with Crippen molar-refractivity contribution in [3.8, 4) is 16.9 Å². The number of nitrogens with zero attached hydrogens (tertiary/aromatic N) is 1. The summed E-state index contributed by atoms with van der Waals surface area (Å²) in [4.78, 5) is 2.04. The lowest BCUT2D eigenvalue weighted by molar-refractivity contribution is 0.475. The van der Waals surface area contributed by atoms with Crippen LogP contribution in [0.1, 0.15) is 0 Å². The van der Waals surface area contributed by atoms with E-state index >= 15 is 0 Å². The van der Waals surface area contributed by atoms with Gasteiger partial charge in [0.1, 0.15) is 5.75 Å². The van der Waals surface area contributed by atoms with Crippen LogP contribution in [0.4, 0.5) is 11.4 Å². The number of anilines is 2. The summed E-state index contributed by atoms with van der Waals surface area (Å²) in [5.74, 6) is 0.305. The number of hydrogen-bond acceptors (Lipinski definition) is 3. The molecule has 0 unspecified atom stereocenters. The second-order valence-corrected chi connectivity index (χ2v) is 5.40. The molecule has 3 heteroatoms. The standard InChI is InChI=1S/C12H10O.C8H12N2/c13-12-8-6-11(7-9-12)10-4-2-1-3-5-10;1-10(2)8-5-3-7(9)4-6-8/h1-9,13H;3-6H,9H2,1-2H3. The van der Waals surface area contributed by atoms with Crippen molar-refractivity contribution in [3.05, 3.63) is 78.9 Å². The van der Waals surface area contributed by atoms with E-state index in [9.17, 15) is 0 Å². The van der Waals surface area contributed by atoms with E-state index in [0.717, 1.165) is 11.3 Å². The molecule has 0 fully saturated rings. The number of aromatic hydroxyl groups is 1. The maximum Gasteiger partial charge on any atom is 0.115 e. The van der Waals surface area contributed by atoms with Gasteiger partial charge in [0, 0.05) is 25.5 Å². The zero-order valence-corrected chi connectivity index (χ0v) is 13.5. The van der Waals surface area contributed by atoms with Crippen LogP contribution in [0, 0.1) is 0 Å². The van der Waals surface area contributed by atoms with Gasteiger partial charge in [0.05, 0.1) is 0 Å². The molecule has 0 heterocycles. The molecule has 0 aliphatic rings. The van der Waals surface area contributed by atoms with Crippen molar-refractivity contribution in [3.63, 3.8) is 0 Å². The normalized spacial score (nSPS) is 9.65. The van der Waals surface area contributed by atoms with Gasteiger partial charge in [0.2, 0.25) is 0 Å². The smallest absolute Gasteiger partial charge is 0.115 e. The fourth-order valence-corrected chi connectivity index (χ4v) is 2.06. The Balaban J connectivity index is 0.000000174. The molecule has 0 spiro atoms. The van der Waals surface area contributed by atoms with Crippen molar-refractivity contribution in [2.45, 2.75) is 0 Å². The number of phenolic OH excluding ortho intramolecular Hbond substituents is 1. The van der Waals surface area contributed by atoms with Crippen LogP contribution < -0.4 is 10.6 Å². The Bertz CT molecular complexity index is 705. The van der Waals surface area contributed by atoms with E-state index in [1.165, 1.54) is 11.3 Å². The molecule has 0 aromatic heterocycles. The van der Waals surface area contributed by atoms with Crippen LogP contribution in [0.15, 0.2) is 78.9 Å². The Morgan fingerprint density at radius 2 is 1.22 bits per heavy atom. The minimum absolute atomic E-state index is 0.305. The Morgan fingerprint density at radius 1 is 0.696 bits per heavy atom. The van der Waals surface area contributed by atoms with Crippen LogP contribution in [0.25, 0.3) is 11.1 Å². The van der Waals surface area contributed by atoms with Crippen LogP contribution in [0.3, 0.4) is 0 Å². The van der Waals surface area contributed by atoms with Crippen molar-refractivity contribution in [1.29, 1.82) is 0 Å². The zero-order chi connectivity index (χ0) is 16.7. The fraction of sp³-hybridized carbons (Fsp3) is 0.100. The molecule has 23 heavy (non-hydrogen) atoms. The van der Waals surface area contributed by atoms with Crippen LogP contribution >= 0.6 is 0 Å². The molecule has 3 aromatic carbocycles. The average Bonchev–Trinajstić information content (AvgIpc) is 2.57. The Labute approximate surface area is 137 Å². The summed E-state index contributed by atoms with van der Waals surface area (Å²) in [5, 5.41) is 9.10. The van der Waals surface area contributed by atoms with Crippen LogP contribution in [0.5, 0.6) is 5.75 Å². The molecular formula is C20H22N2O. The van der Waals surface area contributed by atoms with Crippen LogP contribution in [-0.4, -0.2) is 19.2 Å². The van der Waals surface area contributed by atoms with Gasteiger partial charge in [-0.05, 0) is 47.5 Å². The van der Waals surface area contributed by atoms with Gasteiger partial charge in [-0.2, -0.15) is 0 Å². The third-order valence-electron chi connectivity index (χ3n) is 3.38. The molecule has 0 bridgehead atoms. The molecule has 118 valence electrons. The van der Waals surface area contributed by atoms with E-state index in [1.54, 1.807) is 12.1 Å². The number of hydrogen-bond donors (Lipinski definition) is 2. The topological polar surface area (TPSA) is 49.5 Å². The number of benzene rings is 3. The van der Waals surface area contributed by atoms with E-state index in [1.807, 2.05) is 85.7 Å². The highest BCUT2D eigenvalue weighted by Gasteiger charge is 1.95. The highest BCUT2D eigenvalue weighted by Crippen LogP contribution is 2.20. The monoisotopic (exact) mass is 306 g/mol. The Morgan fingerprint density at radius 3 is 1.74 bits per heavy atom. The second-order valence-electron chi connectivity index (χ2n) is 5.40. The molecule has 0 radical (unpaired) electrons. The minimum atomic E-state index is 0.305. The van der Waals surface area contributed by atoms with E-state index < -0.39 is 0 Å². The first-order valence-electron chi connectivity index (χ1n) is 7.43. The SMILES string of the molecule is CN(C)c1ccc(N)cc1.Oc1ccc(-c2ccccc2)cc1. The first-order valence-corrected chi connectivity index (χ1v) is 7.43. The van der Waals surface area contributed by atoms with Gasteiger partial charge in [-0.25, -0.2) is 0 Å². The average molecular weight is 306 g/mol. The lowest BCUT2D eigenvalue weighted by Gasteiger charge is -2.11. The predicted molar refractivity (Wildman–Crippen MR) is 98.7 cm³/mol. The summed E-state index contributed by atoms with van der Waals surface area (Å²) in [7, 11) is 4.01. The lowest BCUT2D eigenvalue weighted by Crippen LogP contribution is -2.08. The molecule has 0 saturated heterocycles. The summed E-state index contributed by atoms with van der Waals surface area (Å²) < 4.78 is 0. The molecule has 3 nitrogen and oxygen atoms in total. The molecule has 3 N–H and O–H groups in total. The quantitative estimate of drug-likeness (QED) is 0.690. The van der Waals surface area contributed by atoms with Gasteiger partial charge in [0.25, 0.3) is 0 Å². The Kier molecular flexibility index (Phi) is 5.64. The van der Waals surface area contributed by atoms with E-state index in [4.69, 9.17) is 10.8 Å². The van der Waals surface area contributed by atoms with Gasteiger partial charge < -0.3 is 15.7 Å². The van der Waals surface area contributed by atoms with Gasteiger partial charge >= 0.3 is 0 Å². The van der Waals surface area contributed by atoms with E-state index in [-0.39, 0.29) is 0 Å².